The third kappa shape index (κ3) is 4.27. The van der Waals surface area contributed by atoms with Crippen LogP contribution in [0.5, 0.6) is 0 Å². The van der Waals surface area contributed by atoms with E-state index in [0.717, 1.165) is 34.8 Å². The minimum absolute atomic E-state index is 0.00697. The third-order valence-corrected chi connectivity index (χ3v) is 4.63. The molecule has 148 valence electrons. The molecular formula is C20H15ClF2N4O2. The minimum Gasteiger partial charge on any atom is -0.360 e. The van der Waals surface area contributed by atoms with Crippen molar-refractivity contribution in [3.8, 4) is 0 Å². The van der Waals surface area contributed by atoms with E-state index in [0.29, 0.717) is 18.0 Å². The largest absolute Gasteiger partial charge is 0.360 e. The number of carbonyl (C=O) groups excluding carboxylic acids is 1. The summed E-state index contributed by atoms with van der Waals surface area (Å²) >= 11 is 5.98. The average Bonchev–Trinajstić information content (AvgIpc) is 3.32. The predicted molar refractivity (Wildman–Crippen MR) is 103 cm³/mol. The molecule has 0 aliphatic rings. The first-order valence-corrected chi connectivity index (χ1v) is 9.16. The summed E-state index contributed by atoms with van der Waals surface area (Å²) in [5, 5.41) is 7.89. The summed E-state index contributed by atoms with van der Waals surface area (Å²) in [7, 11) is 0. The zero-order valence-electron chi connectivity index (χ0n) is 15.0. The topological polar surface area (TPSA) is 83.8 Å². The van der Waals surface area contributed by atoms with Crippen molar-refractivity contribution in [2.24, 2.45) is 0 Å². The molecule has 0 radical (unpaired) electrons. The molecule has 6 nitrogen and oxygen atoms in total. The first-order chi connectivity index (χ1) is 14.0. The van der Waals surface area contributed by atoms with Crippen LogP contribution in [0.25, 0.3) is 11.0 Å². The number of halogens is 3. The molecule has 0 fully saturated rings. The molecule has 0 aliphatic heterocycles. The van der Waals surface area contributed by atoms with Gasteiger partial charge in [0.25, 0.3) is 5.91 Å². The van der Waals surface area contributed by atoms with Crippen LogP contribution in [0.3, 0.4) is 0 Å². The summed E-state index contributed by atoms with van der Waals surface area (Å²) in [6.45, 7) is 0.360. The number of benzene rings is 1. The van der Waals surface area contributed by atoms with Gasteiger partial charge in [-0.3, -0.25) is 4.79 Å². The number of fused-ring (bicyclic) bond motifs is 1. The molecule has 1 amide bonds. The van der Waals surface area contributed by atoms with Crippen molar-refractivity contribution in [1.82, 2.24) is 20.4 Å². The van der Waals surface area contributed by atoms with Gasteiger partial charge in [0.15, 0.2) is 5.69 Å². The van der Waals surface area contributed by atoms with Gasteiger partial charge in [-0.2, -0.15) is 0 Å². The SMILES string of the molecule is O=C(NCCc1c[nH]c2ncc(Cl)cc12)c1cc(Cc2cc(F)ccc2F)on1. The molecule has 2 N–H and O–H groups in total. The molecule has 3 heterocycles. The number of amides is 1. The second-order valence-corrected chi connectivity index (χ2v) is 6.90. The van der Waals surface area contributed by atoms with Crippen LogP contribution >= 0.6 is 11.6 Å². The van der Waals surface area contributed by atoms with Crippen molar-refractivity contribution in [3.05, 3.63) is 82.0 Å². The summed E-state index contributed by atoms with van der Waals surface area (Å²) in [6, 6.07) is 6.39. The van der Waals surface area contributed by atoms with Gasteiger partial charge in [-0.25, -0.2) is 13.8 Å². The van der Waals surface area contributed by atoms with Gasteiger partial charge in [-0.1, -0.05) is 16.8 Å². The highest BCUT2D eigenvalue weighted by atomic mass is 35.5. The van der Waals surface area contributed by atoms with E-state index in [4.69, 9.17) is 16.1 Å². The molecule has 0 bridgehead atoms. The maximum absolute atomic E-state index is 13.7. The Morgan fingerprint density at radius 1 is 1.21 bits per heavy atom. The van der Waals surface area contributed by atoms with E-state index in [2.05, 4.69) is 20.4 Å². The Labute approximate surface area is 168 Å². The van der Waals surface area contributed by atoms with E-state index in [9.17, 15) is 13.6 Å². The molecule has 0 unspecified atom stereocenters. The molecule has 3 aromatic heterocycles. The predicted octanol–water partition coefficient (Wildman–Crippen LogP) is 4.05. The van der Waals surface area contributed by atoms with Crippen LogP contribution in [0.15, 0.2) is 47.2 Å². The summed E-state index contributed by atoms with van der Waals surface area (Å²) < 4.78 is 32.1. The Balaban J connectivity index is 1.36. The van der Waals surface area contributed by atoms with Crippen molar-refractivity contribution in [2.75, 3.05) is 6.54 Å². The molecule has 4 aromatic rings. The fourth-order valence-corrected chi connectivity index (χ4v) is 3.17. The zero-order chi connectivity index (χ0) is 20.4. The summed E-state index contributed by atoms with van der Waals surface area (Å²) in [5.74, 6) is -1.26. The lowest BCUT2D eigenvalue weighted by molar-refractivity contribution is 0.0945. The second-order valence-electron chi connectivity index (χ2n) is 6.46. The quantitative estimate of drug-likeness (QED) is 0.496. The molecule has 0 aliphatic carbocycles. The lowest BCUT2D eigenvalue weighted by Gasteiger charge is -2.02. The Kier molecular flexibility index (Phi) is 5.26. The maximum atomic E-state index is 13.7. The first-order valence-electron chi connectivity index (χ1n) is 8.79. The highest BCUT2D eigenvalue weighted by Gasteiger charge is 2.15. The van der Waals surface area contributed by atoms with Gasteiger partial charge in [-0.05, 0) is 41.8 Å². The Hall–Kier alpha value is -3.26. The van der Waals surface area contributed by atoms with Gasteiger partial charge in [-0.15, -0.1) is 0 Å². The number of aromatic amines is 1. The molecule has 0 spiro atoms. The van der Waals surface area contributed by atoms with E-state index in [1.54, 1.807) is 6.20 Å². The van der Waals surface area contributed by atoms with Crippen LogP contribution in [0.2, 0.25) is 5.02 Å². The standard InChI is InChI=1S/C20H15ClF2N4O2/c21-13-7-16-11(9-25-19(16)26-10-13)3-4-24-20(28)18-8-15(29-27-18)6-12-5-14(22)1-2-17(12)23/h1-2,5,7-10H,3-4,6H2,(H,24,28)(H,25,26). The average molecular weight is 417 g/mol. The van der Waals surface area contributed by atoms with E-state index >= 15 is 0 Å². The molecule has 0 saturated heterocycles. The molecule has 4 rings (SSSR count). The third-order valence-electron chi connectivity index (χ3n) is 4.43. The number of pyridine rings is 1. The van der Waals surface area contributed by atoms with Crippen LogP contribution in [-0.4, -0.2) is 27.6 Å². The van der Waals surface area contributed by atoms with E-state index < -0.39 is 17.5 Å². The number of hydrogen-bond acceptors (Lipinski definition) is 4. The Morgan fingerprint density at radius 2 is 2.07 bits per heavy atom. The Morgan fingerprint density at radius 3 is 2.93 bits per heavy atom. The smallest absolute Gasteiger partial charge is 0.273 e. The van der Waals surface area contributed by atoms with Gasteiger partial charge in [0.2, 0.25) is 0 Å². The number of aromatic nitrogens is 3. The van der Waals surface area contributed by atoms with Crippen LogP contribution < -0.4 is 5.32 Å². The van der Waals surface area contributed by atoms with Crippen molar-refractivity contribution in [1.29, 1.82) is 0 Å². The van der Waals surface area contributed by atoms with Crippen LogP contribution in [0.1, 0.15) is 27.4 Å². The molecule has 9 heteroatoms. The fourth-order valence-electron chi connectivity index (χ4n) is 3.01. The maximum Gasteiger partial charge on any atom is 0.273 e. The van der Waals surface area contributed by atoms with E-state index in [-0.39, 0.29) is 23.4 Å². The van der Waals surface area contributed by atoms with Crippen molar-refractivity contribution < 1.29 is 18.1 Å². The van der Waals surface area contributed by atoms with Gasteiger partial charge < -0.3 is 14.8 Å². The monoisotopic (exact) mass is 416 g/mol. The zero-order valence-corrected chi connectivity index (χ0v) is 15.8. The van der Waals surface area contributed by atoms with Crippen molar-refractivity contribution in [3.63, 3.8) is 0 Å². The van der Waals surface area contributed by atoms with Gasteiger partial charge in [0.1, 0.15) is 23.0 Å². The van der Waals surface area contributed by atoms with E-state index in [1.807, 2.05) is 12.3 Å². The molecular weight excluding hydrogens is 402 g/mol. The van der Waals surface area contributed by atoms with Crippen molar-refractivity contribution >= 4 is 28.5 Å². The van der Waals surface area contributed by atoms with Gasteiger partial charge in [0, 0.05) is 36.8 Å². The lowest BCUT2D eigenvalue weighted by Crippen LogP contribution is -2.25. The van der Waals surface area contributed by atoms with E-state index in [1.165, 1.54) is 6.07 Å². The number of nitrogens with one attached hydrogen (secondary N) is 2. The van der Waals surface area contributed by atoms with Crippen molar-refractivity contribution in [2.45, 2.75) is 12.8 Å². The van der Waals surface area contributed by atoms with Gasteiger partial charge >= 0.3 is 0 Å². The first kappa shape index (κ1) is 19.1. The van der Waals surface area contributed by atoms with Crippen LogP contribution in [0.4, 0.5) is 8.78 Å². The number of H-pyrrole nitrogens is 1. The normalized spacial score (nSPS) is 11.1. The summed E-state index contributed by atoms with van der Waals surface area (Å²) in [6.07, 6.45) is 3.94. The molecule has 0 atom stereocenters. The van der Waals surface area contributed by atoms with Gasteiger partial charge in [0.05, 0.1) is 5.02 Å². The summed E-state index contributed by atoms with van der Waals surface area (Å²) in [4.78, 5) is 19.5. The fraction of sp³-hybridized carbons (Fsp3) is 0.150. The van der Waals surface area contributed by atoms with Crippen LogP contribution in [0, 0.1) is 11.6 Å². The molecule has 1 aromatic carbocycles. The lowest BCUT2D eigenvalue weighted by atomic mass is 10.1. The van der Waals surface area contributed by atoms with Crippen LogP contribution in [-0.2, 0) is 12.8 Å². The highest BCUT2D eigenvalue weighted by Crippen LogP contribution is 2.20. The highest BCUT2D eigenvalue weighted by molar-refractivity contribution is 6.31. The number of hydrogen-bond donors (Lipinski definition) is 2. The summed E-state index contributed by atoms with van der Waals surface area (Å²) in [5.41, 5.74) is 1.89. The molecule has 0 saturated carbocycles. The second kappa shape index (κ2) is 8.00. The number of rotatable bonds is 6. The minimum atomic E-state index is -0.554. The molecule has 29 heavy (non-hydrogen) atoms. The number of carbonyl (C=O) groups is 1. The Bertz CT molecular complexity index is 1190. The number of nitrogens with zero attached hydrogens (tertiary/aromatic N) is 2.